The molecule has 120 valence electrons. The first-order valence-electron chi connectivity index (χ1n) is 9.02. The van der Waals surface area contributed by atoms with E-state index in [2.05, 4.69) is 32.2 Å². The van der Waals surface area contributed by atoms with E-state index in [1.807, 2.05) is 0 Å². The Labute approximate surface area is 130 Å². The number of hydrogen-bond acceptors (Lipinski definition) is 2. The highest BCUT2D eigenvalue weighted by atomic mass is 16.3. The monoisotopic (exact) mass is 291 g/mol. The molecule has 0 spiro atoms. The van der Waals surface area contributed by atoms with Gasteiger partial charge in [0.25, 0.3) is 0 Å². The molecule has 4 aliphatic rings. The zero-order valence-electron chi connectivity index (χ0n) is 14.1. The zero-order chi connectivity index (χ0) is 15.0. The molecule has 4 saturated carbocycles. The van der Waals surface area contributed by atoms with Gasteiger partial charge in [-0.3, -0.25) is 0 Å². The van der Waals surface area contributed by atoms with Crippen LogP contribution in [0.1, 0.15) is 65.7 Å². The summed E-state index contributed by atoms with van der Waals surface area (Å²) in [5, 5.41) is 14.2. The summed E-state index contributed by atoms with van der Waals surface area (Å²) in [7, 11) is 0. The van der Waals surface area contributed by atoms with E-state index in [4.69, 9.17) is 0 Å². The largest absolute Gasteiger partial charge is 0.393 e. The minimum absolute atomic E-state index is 0.0183. The molecule has 2 N–H and O–H groups in total. The van der Waals surface area contributed by atoms with E-state index in [-0.39, 0.29) is 6.10 Å². The molecule has 4 fully saturated rings. The fourth-order valence-corrected chi connectivity index (χ4v) is 5.50. The van der Waals surface area contributed by atoms with Crippen LogP contribution in [-0.4, -0.2) is 23.8 Å². The van der Waals surface area contributed by atoms with Crippen molar-refractivity contribution >= 4 is 0 Å². The summed E-state index contributed by atoms with van der Waals surface area (Å²) in [5.74, 6) is 2.13. The number of hydrogen-bond donors (Lipinski definition) is 2. The molecule has 4 bridgehead atoms. The highest BCUT2D eigenvalue weighted by molar-refractivity contribution is 5.06. The molecule has 0 amide bonds. The third-order valence-electron chi connectivity index (χ3n) is 6.33. The first-order valence-corrected chi connectivity index (χ1v) is 9.02. The maximum atomic E-state index is 10.4. The second-order valence-electron chi connectivity index (χ2n) is 8.60. The average molecular weight is 291 g/mol. The van der Waals surface area contributed by atoms with Gasteiger partial charge in [-0.1, -0.05) is 11.6 Å². The molecule has 4 aliphatic carbocycles. The van der Waals surface area contributed by atoms with Crippen LogP contribution in [0.2, 0.25) is 0 Å². The Hall–Kier alpha value is -0.340. The summed E-state index contributed by atoms with van der Waals surface area (Å²) in [6.07, 6.45) is 11.4. The van der Waals surface area contributed by atoms with E-state index in [0.29, 0.717) is 23.3 Å². The summed E-state index contributed by atoms with van der Waals surface area (Å²) in [6, 6.07) is 0.610. The Morgan fingerprint density at radius 3 is 2.52 bits per heavy atom. The lowest BCUT2D eigenvalue weighted by molar-refractivity contribution is -0.133. The summed E-state index contributed by atoms with van der Waals surface area (Å²) in [6.45, 7) is 7.87. The van der Waals surface area contributed by atoms with Crippen molar-refractivity contribution in [2.24, 2.45) is 23.2 Å². The van der Waals surface area contributed by atoms with Gasteiger partial charge in [0, 0.05) is 12.6 Å². The summed E-state index contributed by atoms with van der Waals surface area (Å²) in [4.78, 5) is 0. The minimum Gasteiger partial charge on any atom is -0.393 e. The molecular weight excluding hydrogens is 258 g/mol. The number of allylic oxidation sites excluding steroid dienone is 2. The highest BCUT2D eigenvalue weighted by Crippen LogP contribution is 2.59. The van der Waals surface area contributed by atoms with Crippen molar-refractivity contribution < 1.29 is 5.11 Å². The third-order valence-corrected chi connectivity index (χ3v) is 6.33. The smallest absolute Gasteiger partial charge is 0.0597 e. The van der Waals surface area contributed by atoms with Crippen LogP contribution in [0.4, 0.5) is 0 Å². The first-order chi connectivity index (χ1) is 9.97. The molecule has 0 unspecified atom stereocenters. The third kappa shape index (κ3) is 3.37. The molecule has 3 atom stereocenters. The number of aliphatic hydroxyl groups excluding tert-OH is 1. The molecule has 0 aromatic carbocycles. The number of aliphatic hydroxyl groups is 1. The van der Waals surface area contributed by atoms with Crippen LogP contribution in [0, 0.1) is 23.2 Å². The van der Waals surface area contributed by atoms with Crippen LogP contribution in [0.5, 0.6) is 0 Å². The van der Waals surface area contributed by atoms with E-state index in [1.54, 1.807) is 0 Å². The molecule has 0 heterocycles. The van der Waals surface area contributed by atoms with Crippen LogP contribution in [0.25, 0.3) is 0 Å². The Bertz CT molecular complexity index is 382. The van der Waals surface area contributed by atoms with Crippen LogP contribution in [0.3, 0.4) is 0 Å². The molecule has 0 aliphatic heterocycles. The van der Waals surface area contributed by atoms with Gasteiger partial charge in [0.2, 0.25) is 0 Å². The normalized spacial score (nSPS) is 42.1. The van der Waals surface area contributed by atoms with Crippen LogP contribution in [-0.2, 0) is 0 Å². The van der Waals surface area contributed by atoms with Crippen molar-refractivity contribution in [2.45, 2.75) is 77.9 Å². The van der Waals surface area contributed by atoms with Gasteiger partial charge in [-0.05, 0) is 88.9 Å². The second-order valence-corrected chi connectivity index (χ2v) is 8.60. The van der Waals surface area contributed by atoms with E-state index in [9.17, 15) is 5.11 Å². The molecular formula is C19H33NO. The van der Waals surface area contributed by atoms with Gasteiger partial charge in [0.05, 0.1) is 6.10 Å². The van der Waals surface area contributed by atoms with Gasteiger partial charge in [0.15, 0.2) is 0 Å². The average Bonchev–Trinajstić information content (AvgIpc) is 2.41. The number of rotatable bonds is 6. The fraction of sp³-hybridized carbons (Fsp3) is 0.895. The van der Waals surface area contributed by atoms with Crippen molar-refractivity contribution in [1.29, 1.82) is 0 Å². The van der Waals surface area contributed by atoms with Crippen molar-refractivity contribution in [1.82, 2.24) is 5.32 Å². The quantitative estimate of drug-likeness (QED) is 0.728. The van der Waals surface area contributed by atoms with Crippen LogP contribution < -0.4 is 5.32 Å². The SMILES string of the molecule is CC(C)=CCC[C@@H](C)NCC12CC3C[C@@H](C1)C(O)[C@@H](C3)C2. The van der Waals surface area contributed by atoms with E-state index in [0.717, 1.165) is 5.92 Å². The minimum atomic E-state index is 0.0183. The van der Waals surface area contributed by atoms with Crippen LogP contribution in [0.15, 0.2) is 11.6 Å². The van der Waals surface area contributed by atoms with Gasteiger partial charge >= 0.3 is 0 Å². The molecule has 0 aromatic rings. The standard InChI is InChI=1S/C19H33NO/c1-13(2)5-4-6-14(3)20-12-19-9-15-7-16(10-19)18(21)17(8-15)11-19/h5,14-18,20-21H,4,6-12H2,1-3H3/t14-,15?,16+,17+,18?,19?/m1/s1. The topological polar surface area (TPSA) is 32.3 Å². The van der Waals surface area contributed by atoms with Gasteiger partial charge in [0.1, 0.15) is 0 Å². The van der Waals surface area contributed by atoms with Crippen molar-refractivity contribution in [2.75, 3.05) is 6.54 Å². The molecule has 0 saturated heterocycles. The Kier molecular flexibility index (Phi) is 4.47. The van der Waals surface area contributed by atoms with Crippen molar-refractivity contribution in [3.05, 3.63) is 11.6 Å². The van der Waals surface area contributed by atoms with Gasteiger partial charge in [-0.25, -0.2) is 0 Å². The molecule has 0 radical (unpaired) electrons. The number of nitrogens with one attached hydrogen (secondary N) is 1. The van der Waals surface area contributed by atoms with E-state index in [1.165, 1.54) is 57.1 Å². The summed E-state index contributed by atoms with van der Waals surface area (Å²) in [5.41, 5.74) is 1.94. The predicted octanol–water partition coefficient (Wildman–Crippen LogP) is 3.90. The summed E-state index contributed by atoms with van der Waals surface area (Å²) < 4.78 is 0. The van der Waals surface area contributed by atoms with Crippen LogP contribution >= 0.6 is 0 Å². The maximum absolute atomic E-state index is 10.4. The van der Waals surface area contributed by atoms with Gasteiger partial charge in [-0.15, -0.1) is 0 Å². The Morgan fingerprint density at radius 2 is 1.90 bits per heavy atom. The lowest BCUT2D eigenvalue weighted by atomic mass is 9.48. The zero-order valence-corrected chi connectivity index (χ0v) is 14.1. The van der Waals surface area contributed by atoms with Gasteiger partial charge < -0.3 is 10.4 Å². The molecule has 0 aromatic heterocycles. The maximum Gasteiger partial charge on any atom is 0.0597 e. The first kappa shape index (κ1) is 15.6. The molecule has 2 nitrogen and oxygen atoms in total. The lowest BCUT2D eigenvalue weighted by Crippen LogP contribution is -2.56. The van der Waals surface area contributed by atoms with Gasteiger partial charge in [-0.2, -0.15) is 0 Å². The Balaban J connectivity index is 1.50. The molecule has 21 heavy (non-hydrogen) atoms. The van der Waals surface area contributed by atoms with E-state index < -0.39 is 0 Å². The lowest BCUT2D eigenvalue weighted by Gasteiger charge is -2.59. The molecule has 2 heteroatoms. The van der Waals surface area contributed by atoms with E-state index >= 15 is 0 Å². The second kappa shape index (κ2) is 6.04. The fourth-order valence-electron chi connectivity index (χ4n) is 5.50. The molecule has 4 rings (SSSR count). The van der Waals surface area contributed by atoms with Crippen molar-refractivity contribution in [3.63, 3.8) is 0 Å². The highest BCUT2D eigenvalue weighted by Gasteiger charge is 2.54. The Morgan fingerprint density at radius 1 is 1.24 bits per heavy atom. The van der Waals surface area contributed by atoms with Crippen molar-refractivity contribution in [3.8, 4) is 0 Å². The summed E-state index contributed by atoms with van der Waals surface area (Å²) >= 11 is 0. The predicted molar refractivity (Wildman–Crippen MR) is 88.1 cm³/mol.